The number of carbonyl (C=O) groups is 3. The number of amides is 3. The smallest absolute Gasteiger partial charge is 0.251 e. The maximum absolute atomic E-state index is 12.6. The van der Waals surface area contributed by atoms with Crippen LogP contribution < -0.4 is 10.6 Å². The second-order valence-electron chi connectivity index (χ2n) is 9.03. The fraction of sp³-hybridized carbons (Fsp3) is 0.400. The van der Waals surface area contributed by atoms with Crippen molar-refractivity contribution < 1.29 is 14.4 Å². The molecule has 1 atom stereocenters. The summed E-state index contributed by atoms with van der Waals surface area (Å²) in [6.07, 6.45) is 0. The second-order valence-corrected chi connectivity index (χ2v) is 9.03. The number of para-hydroxylation sites is 1. The van der Waals surface area contributed by atoms with Crippen LogP contribution in [-0.4, -0.2) is 42.3 Å². The first-order valence-corrected chi connectivity index (χ1v) is 10.4. The van der Waals surface area contributed by atoms with Gasteiger partial charge in [0.05, 0.1) is 6.54 Å². The van der Waals surface area contributed by atoms with Crippen molar-refractivity contribution >= 4 is 23.4 Å². The normalized spacial score (nSPS) is 12.1. The van der Waals surface area contributed by atoms with Crippen molar-refractivity contribution in [3.8, 4) is 0 Å². The highest BCUT2D eigenvalue weighted by Crippen LogP contribution is 2.22. The van der Waals surface area contributed by atoms with Crippen LogP contribution in [0.5, 0.6) is 0 Å². The zero-order valence-corrected chi connectivity index (χ0v) is 19.5. The van der Waals surface area contributed by atoms with Crippen molar-refractivity contribution in [2.24, 2.45) is 0 Å². The molecule has 2 rings (SSSR count). The fourth-order valence-electron chi connectivity index (χ4n) is 3.28. The van der Waals surface area contributed by atoms with Gasteiger partial charge in [-0.2, -0.15) is 0 Å². The van der Waals surface area contributed by atoms with Crippen LogP contribution in [0.15, 0.2) is 42.5 Å². The van der Waals surface area contributed by atoms with Crippen LogP contribution in [0.1, 0.15) is 54.7 Å². The van der Waals surface area contributed by atoms with Gasteiger partial charge in [0, 0.05) is 18.3 Å². The minimum Gasteiger partial charge on any atom is -0.341 e. The highest BCUT2D eigenvalue weighted by molar-refractivity contribution is 5.99. The molecule has 0 aliphatic heterocycles. The minimum absolute atomic E-state index is 0.00161. The molecule has 0 aliphatic carbocycles. The Morgan fingerprint density at radius 1 is 0.968 bits per heavy atom. The minimum atomic E-state index is -0.757. The summed E-state index contributed by atoms with van der Waals surface area (Å²) in [4.78, 5) is 38.9. The Balaban J connectivity index is 1.94. The van der Waals surface area contributed by atoms with Gasteiger partial charge >= 0.3 is 0 Å². The van der Waals surface area contributed by atoms with E-state index in [9.17, 15) is 14.4 Å². The van der Waals surface area contributed by atoms with E-state index in [1.54, 1.807) is 26.1 Å². The number of likely N-dealkylation sites (N-methyl/N-ethyl adjacent to an activating group) is 1. The van der Waals surface area contributed by atoms with Gasteiger partial charge in [0.25, 0.3) is 5.91 Å². The lowest BCUT2D eigenvalue weighted by molar-refractivity contribution is -0.134. The van der Waals surface area contributed by atoms with E-state index in [0.29, 0.717) is 5.56 Å². The number of nitrogens with one attached hydrogen (secondary N) is 2. The standard InChI is InChI=1S/C25H33N3O3/c1-16-9-8-10-17(2)22(16)27-21(29)15-28(7)24(31)18(3)26-23(30)19-11-13-20(14-12-19)25(4,5)6/h8-14,18H,15H2,1-7H3,(H,26,30)(H,27,29)/t18-/m0/s1. The lowest BCUT2D eigenvalue weighted by atomic mass is 9.86. The molecule has 0 aliphatic rings. The Morgan fingerprint density at radius 3 is 2.03 bits per heavy atom. The van der Waals surface area contributed by atoms with Crippen molar-refractivity contribution in [2.45, 2.75) is 53.0 Å². The summed E-state index contributed by atoms with van der Waals surface area (Å²) in [6, 6.07) is 12.4. The predicted molar refractivity (Wildman–Crippen MR) is 124 cm³/mol. The maximum atomic E-state index is 12.6. The summed E-state index contributed by atoms with van der Waals surface area (Å²) in [7, 11) is 1.55. The Hall–Kier alpha value is -3.15. The van der Waals surface area contributed by atoms with E-state index in [0.717, 1.165) is 22.4 Å². The molecular weight excluding hydrogens is 390 g/mol. The molecule has 0 saturated heterocycles. The van der Waals surface area contributed by atoms with Gasteiger partial charge in [-0.05, 0) is 55.0 Å². The monoisotopic (exact) mass is 423 g/mol. The van der Waals surface area contributed by atoms with Crippen LogP contribution >= 0.6 is 0 Å². The summed E-state index contributed by atoms with van der Waals surface area (Å²) in [5.41, 5.74) is 4.29. The van der Waals surface area contributed by atoms with Crippen molar-refractivity contribution in [3.63, 3.8) is 0 Å². The summed E-state index contributed by atoms with van der Waals surface area (Å²) in [6.45, 7) is 11.7. The van der Waals surface area contributed by atoms with Gasteiger partial charge in [-0.25, -0.2) is 0 Å². The third kappa shape index (κ3) is 6.41. The largest absolute Gasteiger partial charge is 0.341 e. The summed E-state index contributed by atoms with van der Waals surface area (Å²) < 4.78 is 0. The van der Waals surface area contributed by atoms with Gasteiger partial charge in [0.1, 0.15) is 6.04 Å². The molecule has 31 heavy (non-hydrogen) atoms. The molecule has 2 aromatic rings. The predicted octanol–water partition coefficient (Wildman–Crippen LogP) is 3.82. The number of nitrogens with zero attached hydrogens (tertiary/aromatic N) is 1. The number of hydrogen-bond acceptors (Lipinski definition) is 3. The van der Waals surface area contributed by atoms with Crippen LogP contribution in [0.25, 0.3) is 0 Å². The quantitative estimate of drug-likeness (QED) is 0.741. The van der Waals surface area contributed by atoms with Crippen LogP contribution in [0.3, 0.4) is 0 Å². The highest BCUT2D eigenvalue weighted by atomic mass is 16.2. The highest BCUT2D eigenvalue weighted by Gasteiger charge is 2.22. The number of hydrogen-bond donors (Lipinski definition) is 2. The molecule has 0 spiro atoms. The Bertz CT molecular complexity index is 939. The third-order valence-electron chi connectivity index (χ3n) is 5.23. The van der Waals surface area contributed by atoms with Crippen LogP contribution in [0.4, 0.5) is 5.69 Å². The van der Waals surface area contributed by atoms with Crippen molar-refractivity contribution in [2.75, 3.05) is 18.9 Å². The molecule has 0 bridgehead atoms. The van der Waals surface area contributed by atoms with E-state index in [1.165, 1.54) is 4.90 Å². The lowest BCUT2D eigenvalue weighted by Gasteiger charge is -2.22. The summed E-state index contributed by atoms with van der Waals surface area (Å²) in [5, 5.41) is 5.58. The van der Waals surface area contributed by atoms with Crippen LogP contribution in [0, 0.1) is 13.8 Å². The fourth-order valence-corrected chi connectivity index (χ4v) is 3.28. The Kier molecular flexibility index (Phi) is 7.60. The van der Waals surface area contributed by atoms with E-state index < -0.39 is 6.04 Å². The zero-order valence-electron chi connectivity index (χ0n) is 19.5. The molecule has 0 aromatic heterocycles. The second kappa shape index (κ2) is 9.77. The van der Waals surface area contributed by atoms with Gasteiger partial charge in [-0.1, -0.05) is 51.1 Å². The molecule has 0 saturated carbocycles. The topological polar surface area (TPSA) is 78.5 Å². The van der Waals surface area contributed by atoms with Crippen molar-refractivity contribution in [1.82, 2.24) is 10.2 Å². The van der Waals surface area contributed by atoms with Gasteiger partial charge < -0.3 is 15.5 Å². The van der Waals surface area contributed by atoms with E-state index >= 15 is 0 Å². The number of aryl methyl sites for hydroxylation is 2. The van der Waals surface area contributed by atoms with Crippen LogP contribution in [0.2, 0.25) is 0 Å². The van der Waals surface area contributed by atoms with Crippen molar-refractivity contribution in [3.05, 3.63) is 64.7 Å². The molecular formula is C25H33N3O3. The molecule has 6 nitrogen and oxygen atoms in total. The Labute approximate surface area is 185 Å². The third-order valence-corrected chi connectivity index (χ3v) is 5.23. The average molecular weight is 424 g/mol. The van der Waals surface area contributed by atoms with E-state index in [4.69, 9.17) is 0 Å². The zero-order chi connectivity index (χ0) is 23.3. The molecule has 0 heterocycles. The number of benzene rings is 2. The average Bonchev–Trinajstić information content (AvgIpc) is 2.69. The molecule has 2 aromatic carbocycles. The SMILES string of the molecule is Cc1cccc(C)c1NC(=O)CN(C)C(=O)[C@H](C)NC(=O)c1ccc(C(C)(C)C)cc1. The van der Waals surface area contributed by atoms with Gasteiger partial charge in [0.15, 0.2) is 0 Å². The van der Waals surface area contributed by atoms with E-state index in [1.807, 2.05) is 44.2 Å². The molecule has 166 valence electrons. The first kappa shape index (κ1) is 24.1. The van der Waals surface area contributed by atoms with Gasteiger partial charge in [-0.15, -0.1) is 0 Å². The molecule has 6 heteroatoms. The summed E-state index contributed by atoms with van der Waals surface area (Å²) in [5.74, 6) is -0.949. The molecule has 2 N–H and O–H groups in total. The van der Waals surface area contributed by atoms with Crippen LogP contribution in [-0.2, 0) is 15.0 Å². The van der Waals surface area contributed by atoms with Crippen molar-refractivity contribution in [1.29, 1.82) is 0 Å². The molecule has 0 radical (unpaired) electrons. The van der Waals surface area contributed by atoms with E-state index in [2.05, 4.69) is 31.4 Å². The lowest BCUT2D eigenvalue weighted by Crippen LogP contribution is -2.47. The first-order chi connectivity index (χ1) is 14.4. The molecule has 0 unspecified atom stereocenters. The maximum Gasteiger partial charge on any atom is 0.251 e. The number of rotatable bonds is 6. The molecule has 0 fully saturated rings. The summed E-state index contributed by atoms with van der Waals surface area (Å²) >= 11 is 0. The number of carbonyl (C=O) groups excluding carboxylic acids is 3. The number of anilines is 1. The first-order valence-electron chi connectivity index (χ1n) is 10.4. The van der Waals surface area contributed by atoms with Gasteiger partial charge in [-0.3, -0.25) is 14.4 Å². The molecule has 3 amide bonds. The van der Waals surface area contributed by atoms with E-state index in [-0.39, 0.29) is 29.7 Å². The Morgan fingerprint density at radius 2 is 1.52 bits per heavy atom. The van der Waals surface area contributed by atoms with Gasteiger partial charge in [0.2, 0.25) is 11.8 Å².